The number of allylic oxidation sites excluding steroid dienone is 1. The molecule has 1 spiro atoms. The summed E-state index contributed by atoms with van der Waals surface area (Å²) in [5.41, 5.74) is -1.53. The van der Waals surface area contributed by atoms with Gasteiger partial charge in [-0.15, -0.1) is 6.58 Å². The maximum absolute atomic E-state index is 13.7. The zero-order valence-corrected chi connectivity index (χ0v) is 16.6. The Bertz CT molecular complexity index is 663. The Labute approximate surface area is 156 Å². The van der Waals surface area contributed by atoms with Gasteiger partial charge in [-0.05, 0) is 37.5 Å². The van der Waals surface area contributed by atoms with E-state index >= 15 is 0 Å². The summed E-state index contributed by atoms with van der Waals surface area (Å²) in [4.78, 5) is 27.2. The highest BCUT2D eigenvalue weighted by Gasteiger charge is 2.73. The first-order valence-corrected chi connectivity index (χ1v) is 10.2. The van der Waals surface area contributed by atoms with Gasteiger partial charge in [-0.25, -0.2) is 0 Å². The lowest BCUT2D eigenvalue weighted by Crippen LogP contribution is -2.63. The van der Waals surface area contributed by atoms with E-state index in [2.05, 4.69) is 27.4 Å². The van der Waals surface area contributed by atoms with Crippen LogP contribution < -0.4 is 0 Å². The fraction of sp³-hybridized carbons (Fsp3) is 0.818. The summed E-state index contributed by atoms with van der Waals surface area (Å²) in [5, 5.41) is 0. The highest BCUT2D eigenvalue weighted by atomic mass is 16.7. The molecule has 3 aliphatic carbocycles. The van der Waals surface area contributed by atoms with Gasteiger partial charge in [0.15, 0.2) is 5.79 Å². The van der Waals surface area contributed by atoms with Gasteiger partial charge >= 0.3 is 0 Å². The molecular formula is C22H32O4. The van der Waals surface area contributed by atoms with Crippen LogP contribution >= 0.6 is 0 Å². The summed E-state index contributed by atoms with van der Waals surface area (Å²) in [7, 11) is 0. The average molecular weight is 360 g/mol. The van der Waals surface area contributed by atoms with Gasteiger partial charge in [0.05, 0.1) is 18.6 Å². The molecule has 3 saturated carbocycles. The number of ketones is 2. The highest BCUT2D eigenvalue weighted by Crippen LogP contribution is 2.71. The average Bonchev–Trinajstić information content (AvgIpc) is 3.23. The molecule has 0 aromatic rings. The fourth-order valence-electron chi connectivity index (χ4n) is 6.97. The smallest absolute Gasteiger partial charge is 0.172 e. The molecule has 4 nitrogen and oxygen atoms in total. The van der Waals surface area contributed by atoms with E-state index in [9.17, 15) is 9.59 Å². The van der Waals surface area contributed by atoms with E-state index in [0.717, 1.165) is 25.7 Å². The van der Waals surface area contributed by atoms with Gasteiger partial charge < -0.3 is 9.47 Å². The highest BCUT2D eigenvalue weighted by molar-refractivity contribution is 5.97. The van der Waals surface area contributed by atoms with Crippen LogP contribution in [0.4, 0.5) is 0 Å². The van der Waals surface area contributed by atoms with Gasteiger partial charge in [-0.2, -0.15) is 0 Å². The van der Waals surface area contributed by atoms with Crippen LogP contribution in [0.15, 0.2) is 12.7 Å². The molecule has 1 aliphatic heterocycles. The maximum Gasteiger partial charge on any atom is 0.172 e. The van der Waals surface area contributed by atoms with Gasteiger partial charge in [0.25, 0.3) is 0 Å². The second kappa shape index (κ2) is 5.51. The molecule has 0 radical (unpaired) electrons. The van der Waals surface area contributed by atoms with Gasteiger partial charge in [0, 0.05) is 30.1 Å². The first-order chi connectivity index (χ1) is 12.2. The molecule has 0 amide bonds. The van der Waals surface area contributed by atoms with Crippen LogP contribution in [0.2, 0.25) is 0 Å². The maximum atomic E-state index is 13.7. The molecule has 4 heteroatoms. The van der Waals surface area contributed by atoms with Crippen LogP contribution in [-0.2, 0) is 19.1 Å². The molecule has 1 heterocycles. The molecule has 26 heavy (non-hydrogen) atoms. The van der Waals surface area contributed by atoms with Crippen LogP contribution in [-0.4, -0.2) is 30.6 Å². The lowest BCUT2D eigenvalue weighted by atomic mass is 9.44. The predicted octanol–water partition coefficient (Wildman–Crippen LogP) is 3.93. The summed E-state index contributed by atoms with van der Waals surface area (Å²) >= 11 is 0. The van der Waals surface area contributed by atoms with Gasteiger partial charge in [-0.3, -0.25) is 9.59 Å². The summed E-state index contributed by atoms with van der Waals surface area (Å²) in [5.74, 6) is -0.252. The molecule has 1 saturated heterocycles. The third-order valence-corrected chi connectivity index (χ3v) is 8.79. The van der Waals surface area contributed by atoms with Gasteiger partial charge in [0.2, 0.25) is 0 Å². The van der Waals surface area contributed by atoms with Crippen molar-refractivity contribution in [3.8, 4) is 0 Å². The zero-order chi connectivity index (χ0) is 19.0. The minimum absolute atomic E-state index is 0.0467. The number of rotatable bonds is 1. The van der Waals surface area contributed by atoms with Crippen LogP contribution in [0.1, 0.15) is 59.8 Å². The van der Waals surface area contributed by atoms with Gasteiger partial charge in [-0.1, -0.05) is 26.8 Å². The van der Waals surface area contributed by atoms with Crippen molar-refractivity contribution in [2.75, 3.05) is 13.2 Å². The Hall–Kier alpha value is -1.00. The van der Waals surface area contributed by atoms with Crippen LogP contribution in [0, 0.1) is 34.0 Å². The lowest BCUT2D eigenvalue weighted by Gasteiger charge is -2.59. The van der Waals surface area contributed by atoms with Gasteiger partial charge in [0.1, 0.15) is 11.6 Å². The van der Waals surface area contributed by atoms with Crippen LogP contribution in [0.25, 0.3) is 0 Å². The Morgan fingerprint density at radius 2 is 1.73 bits per heavy atom. The third kappa shape index (κ3) is 1.98. The Morgan fingerprint density at radius 3 is 2.35 bits per heavy atom. The van der Waals surface area contributed by atoms with E-state index in [-0.39, 0.29) is 41.2 Å². The summed E-state index contributed by atoms with van der Waals surface area (Å²) in [6.45, 7) is 13.4. The SMILES string of the molecule is C=C[C@@]1(C)CC(=O)[C@@]2(C)C3C4(CCC3(CC[C@H]2C)C(C)C1=O)OCCO4. The van der Waals surface area contributed by atoms with Crippen LogP contribution in [0.3, 0.4) is 0 Å². The van der Waals surface area contributed by atoms with E-state index in [1.54, 1.807) is 6.08 Å². The summed E-state index contributed by atoms with van der Waals surface area (Å²) in [6, 6.07) is 0. The monoisotopic (exact) mass is 360 g/mol. The molecule has 0 aromatic heterocycles. The van der Waals surface area contributed by atoms with Crippen molar-refractivity contribution in [3.63, 3.8) is 0 Å². The second-order valence-corrected chi connectivity index (χ2v) is 9.70. The largest absolute Gasteiger partial charge is 0.347 e. The predicted molar refractivity (Wildman–Crippen MR) is 98.4 cm³/mol. The van der Waals surface area contributed by atoms with Crippen LogP contribution in [0.5, 0.6) is 0 Å². The normalized spacial score (nSPS) is 50.4. The van der Waals surface area contributed by atoms with Crippen molar-refractivity contribution < 1.29 is 19.1 Å². The van der Waals surface area contributed by atoms with Crippen molar-refractivity contribution in [2.24, 2.45) is 34.0 Å². The van der Waals surface area contributed by atoms with Crippen molar-refractivity contribution >= 4 is 11.6 Å². The lowest BCUT2D eigenvalue weighted by molar-refractivity contribution is -0.246. The van der Waals surface area contributed by atoms with E-state index < -0.39 is 16.6 Å². The molecule has 144 valence electrons. The first kappa shape index (κ1) is 18.4. The molecule has 0 N–H and O–H groups in total. The molecule has 2 bridgehead atoms. The minimum Gasteiger partial charge on any atom is -0.347 e. The van der Waals surface area contributed by atoms with Crippen molar-refractivity contribution in [1.29, 1.82) is 0 Å². The number of ether oxygens (including phenoxy) is 2. The zero-order valence-electron chi connectivity index (χ0n) is 16.6. The van der Waals surface area contributed by atoms with E-state index in [1.165, 1.54) is 0 Å². The fourth-order valence-corrected chi connectivity index (χ4v) is 6.97. The molecule has 4 fully saturated rings. The standard InChI is InChI=1S/C22H32O4/c1-6-19(4)13-16(23)20(5)14(2)7-8-21(15(3)17(19)24)9-10-22(18(20)21)25-11-12-26-22/h6,14-15,18H,1,7-13H2,2-5H3/t14-,15?,18?,19+,20+,21?/m1/s1. The van der Waals surface area contributed by atoms with Crippen molar-refractivity contribution in [1.82, 2.24) is 0 Å². The first-order valence-electron chi connectivity index (χ1n) is 10.2. The topological polar surface area (TPSA) is 52.6 Å². The number of carbonyl (C=O) groups is 2. The van der Waals surface area contributed by atoms with Crippen molar-refractivity contribution in [2.45, 2.75) is 65.6 Å². The van der Waals surface area contributed by atoms with Crippen molar-refractivity contribution in [3.05, 3.63) is 12.7 Å². The second-order valence-electron chi connectivity index (χ2n) is 9.70. The number of Topliss-reactive ketones (excluding diaryl/α,β-unsaturated/α-hetero) is 2. The molecule has 4 aliphatic rings. The summed E-state index contributed by atoms with van der Waals surface area (Å²) < 4.78 is 12.4. The third-order valence-electron chi connectivity index (χ3n) is 8.79. The van der Waals surface area contributed by atoms with E-state index in [0.29, 0.717) is 13.2 Å². The Balaban J connectivity index is 1.95. The number of hydrogen-bond acceptors (Lipinski definition) is 4. The molecule has 6 atom stereocenters. The summed E-state index contributed by atoms with van der Waals surface area (Å²) in [6.07, 6.45) is 5.58. The van der Waals surface area contributed by atoms with E-state index in [1.807, 2.05) is 6.92 Å². The molecule has 4 rings (SSSR count). The minimum atomic E-state index is -0.778. The number of carbonyl (C=O) groups excluding carboxylic acids is 2. The quantitative estimate of drug-likeness (QED) is 0.665. The molecule has 3 unspecified atom stereocenters. The number of hydrogen-bond donors (Lipinski definition) is 0. The molecular weight excluding hydrogens is 328 g/mol. The molecule has 0 aromatic carbocycles. The Morgan fingerprint density at radius 1 is 1.08 bits per heavy atom. The van der Waals surface area contributed by atoms with E-state index in [4.69, 9.17) is 9.47 Å². The Kier molecular flexibility index (Phi) is 3.89.